The maximum atomic E-state index is 13.0. The Labute approximate surface area is 375 Å². The number of carbonyl (C=O) groups is 9. The molecule has 0 saturated heterocycles. The fourth-order valence-electron chi connectivity index (χ4n) is 5.35. The van der Waals surface area contributed by atoms with E-state index in [1.165, 1.54) is 6.92 Å². The molecule has 0 heterocycles. The number of nitrogens with two attached hydrogens (primary N) is 2. The number of primary amides is 2. The molecule has 10 N–H and O–H groups in total. The van der Waals surface area contributed by atoms with Crippen molar-refractivity contribution in [2.75, 3.05) is 91.3 Å². The van der Waals surface area contributed by atoms with E-state index in [2.05, 4.69) is 31.9 Å². The highest BCUT2D eigenvalue weighted by atomic mass is 32.2. The van der Waals surface area contributed by atoms with Crippen LogP contribution in [0.5, 0.6) is 0 Å². The van der Waals surface area contributed by atoms with Gasteiger partial charge in [-0.2, -0.15) is 0 Å². The molecule has 0 aliphatic rings. The van der Waals surface area contributed by atoms with E-state index in [1.54, 1.807) is 13.8 Å². The van der Waals surface area contributed by atoms with Crippen LogP contribution in [0.4, 0.5) is 0 Å². The highest BCUT2D eigenvalue weighted by Crippen LogP contribution is 2.08. The molecule has 0 saturated carbocycles. The molecule has 0 radical (unpaired) electrons. The van der Waals surface area contributed by atoms with E-state index in [0.717, 1.165) is 24.6 Å². The summed E-state index contributed by atoms with van der Waals surface area (Å²) in [6.45, 7) is 7.70. The van der Waals surface area contributed by atoms with Gasteiger partial charge in [-0.1, -0.05) is 38.5 Å². The summed E-state index contributed by atoms with van der Waals surface area (Å²) in [5.74, 6) is -2.91. The maximum Gasteiger partial charge on any atom is 0.246 e. The van der Waals surface area contributed by atoms with E-state index in [0.29, 0.717) is 64.6 Å². The molecule has 22 heteroatoms. The molecule has 3 atom stereocenters. The number of nitrogens with one attached hydrogen (secondary N) is 6. The number of carbonyl (C=O) groups excluding carboxylic acids is 9. The molecule has 21 nitrogen and oxygen atoms in total. The summed E-state index contributed by atoms with van der Waals surface area (Å²) >= 11 is 0.921. The molecule has 0 unspecified atom stereocenters. The lowest BCUT2D eigenvalue weighted by atomic mass is 10.0. The third-order valence-corrected chi connectivity index (χ3v) is 9.99. The van der Waals surface area contributed by atoms with Gasteiger partial charge in [0.05, 0.1) is 45.4 Å². The van der Waals surface area contributed by atoms with Crippen LogP contribution in [0.1, 0.15) is 97.8 Å². The Hall–Kier alpha value is -4.38. The number of hydrogen-bond acceptors (Lipinski definition) is 14. The van der Waals surface area contributed by atoms with E-state index in [1.807, 2.05) is 0 Å². The van der Waals surface area contributed by atoms with Gasteiger partial charge in [0.15, 0.2) is 5.12 Å². The van der Waals surface area contributed by atoms with Gasteiger partial charge in [-0.3, -0.25) is 43.2 Å². The second-order valence-electron chi connectivity index (χ2n) is 14.9. The number of rotatable bonds is 41. The Kier molecular flexibility index (Phi) is 36.5. The minimum atomic E-state index is -0.810. The molecule has 0 aromatic rings. The summed E-state index contributed by atoms with van der Waals surface area (Å²) in [7, 11) is 0. The van der Waals surface area contributed by atoms with Crippen molar-refractivity contribution in [3.63, 3.8) is 0 Å². The van der Waals surface area contributed by atoms with E-state index >= 15 is 0 Å². The smallest absolute Gasteiger partial charge is 0.246 e. The second-order valence-corrected chi connectivity index (χ2v) is 16.0. The normalized spacial score (nSPS) is 12.3. The Bertz CT molecular complexity index is 1380. The molecule has 63 heavy (non-hydrogen) atoms. The largest absolute Gasteiger partial charge is 0.377 e. The van der Waals surface area contributed by atoms with Gasteiger partial charge in [0.2, 0.25) is 47.3 Å². The zero-order chi connectivity index (χ0) is 47.1. The predicted molar refractivity (Wildman–Crippen MR) is 236 cm³/mol. The van der Waals surface area contributed by atoms with Crippen molar-refractivity contribution >= 4 is 64.1 Å². The van der Waals surface area contributed by atoms with Crippen LogP contribution in [0, 0.1) is 11.8 Å². The third-order valence-electron chi connectivity index (χ3n) is 9.18. The molecular formula is C41H74N8O13S. The minimum absolute atomic E-state index is 0.0290. The zero-order valence-corrected chi connectivity index (χ0v) is 38.3. The Morgan fingerprint density at radius 3 is 1.41 bits per heavy atom. The van der Waals surface area contributed by atoms with Gasteiger partial charge >= 0.3 is 0 Å². The zero-order valence-electron chi connectivity index (χ0n) is 37.5. The first-order valence-electron chi connectivity index (χ1n) is 21.8. The van der Waals surface area contributed by atoms with Crippen LogP contribution in [0.2, 0.25) is 0 Å². The highest BCUT2D eigenvalue weighted by molar-refractivity contribution is 8.14. The lowest BCUT2D eigenvalue weighted by molar-refractivity contribution is -0.129. The fraction of sp³-hybridized carbons (Fsp3) is 0.780. The van der Waals surface area contributed by atoms with Gasteiger partial charge < -0.3 is 62.3 Å². The van der Waals surface area contributed by atoms with Crippen LogP contribution in [-0.2, 0) is 62.1 Å². The minimum Gasteiger partial charge on any atom is -0.377 e. The predicted octanol–water partition coefficient (Wildman–Crippen LogP) is -0.678. The van der Waals surface area contributed by atoms with Crippen LogP contribution >= 0.6 is 11.8 Å². The van der Waals surface area contributed by atoms with E-state index in [4.69, 9.17) is 30.4 Å². The Morgan fingerprint density at radius 1 is 0.476 bits per heavy atom. The first kappa shape index (κ1) is 58.6. The number of thioether (sulfide) groups is 1. The SMILES string of the molecule is CC(=O)SCC(=O)NCCCC[C@H](NC(=O)CCCC(=O)NCCOCCOCC(=O)NCCOCCOCC(=O)NCCCC[C@H](C)C(N)=O)C(=O)NCCCC[C@H](C)C(N)=O. The van der Waals surface area contributed by atoms with Gasteiger partial charge in [-0.15, -0.1) is 0 Å². The topological polar surface area (TPSA) is 315 Å². The Balaban J connectivity index is 4.08. The molecule has 0 aliphatic carbocycles. The molecule has 0 aromatic carbocycles. The molecule has 0 bridgehead atoms. The first-order valence-corrected chi connectivity index (χ1v) is 22.8. The molecule has 362 valence electrons. The van der Waals surface area contributed by atoms with E-state index in [9.17, 15) is 43.2 Å². The number of ether oxygens (including phenoxy) is 4. The van der Waals surface area contributed by atoms with Crippen molar-refractivity contribution in [2.24, 2.45) is 23.3 Å². The molecule has 8 amide bonds. The fourth-order valence-corrected chi connectivity index (χ4v) is 5.78. The van der Waals surface area contributed by atoms with Crippen molar-refractivity contribution in [2.45, 2.75) is 104 Å². The third kappa shape index (κ3) is 37.9. The first-order chi connectivity index (χ1) is 30.1. The van der Waals surface area contributed by atoms with Gasteiger partial charge in [0, 0.05) is 64.3 Å². The number of unbranched alkanes of at least 4 members (excludes halogenated alkanes) is 3. The molecular weight excluding hydrogens is 845 g/mol. The summed E-state index contributed by atoms with van der Waals surface area (Å²) in [5, 5.41) is 16.3. The summed E-state index contributed by atoms with van der Waals surface area (Å²) in [6.07, 6.45) is 5.95. The number of amides is 8. The van der Waals surface area contributed by atoms with Crippen molar-refractivity contribution in [3.05, 3.63) is 0 Å². The summed E-state index contributed by atoms with van der Waals surface area (Å²) in [4.78, 5) is 107. The van der Waals surface area contributed by atoms with Crippen LogP contribution < -0.4 is 43.4 Å². The number of hydrogen-bond donors (Lipinski definition) is 8. The van der Waals surface area contributed by atoms with Crippen molar-refractivity contribution in [1.82, 2.24) is 31.9 Å². The van der Waals surface area contributed by atoms with Crippen molar-refractivity contribution < 1.29 is 62.1 Å². The van der Waals surface area contributed by atoms with Crippen LogP contribution in [0.25, 0.3) is 0 Å². The van der Waals surface area contributed by atoms with Crippen LogP contribution in [0.3, 0.4) is 0 Å². The summed E-state index contributed by atoms with van der Waals surface area (Å²) < 4.78 is 21.4. The van der Waals surface area contributed by atoms with Crippen molar-refractivity contribution in [1.29, 1.82) is 0 Å². The average molecular weight is 919 g/mol. The monoisotopic (exact) mass is 919 g/mol. The van der Waals surface area contributed by atoms with Gasteiger partial charge in [-0.05, 0) is 51.4 Å². The standard InChI is InChI=1S/C41H74N8O13S/c1-30(39(42)56)11-4-7-16-44-36(53)27-61-25-24-60-22-20-47-37(54)28-62-26-23-59-21-19-46-34(51)14-10-15-35(52)49-33(13-6-9-17-45-38(55)29-63-32(3)50)41(58)48-18-8-5-12-31(2)40(43)57/h30-31,33H,4-29H2,1-3H3,(H2,42,56)(H2,43,57)(H,44,53)(H,45,55)(H,46,51)(H,47,54)(H,48,58)(H,49,52)/t30-,31-,33-/m0/s1. The van der Waals surface area contributed by atoms with Crippen LogP contribution in [-0.4, -0.2) is 150 Å². The van der Waals surface area contributed by atoms with Gasteiger partial charge in [0.1, 0.15) is 19.3 Å². The lowest BCUT2D eigenvalue weighted by Crippen LogP contribution is -2.47. The second kappa shape index (κ2) is 39.2. The molecule has 0 aliphatic heterocycles. The summed E-state index contributed by atoms with van der Waals surface area (Å²) in [6, 6.07) is -0.810. The van der Waals surface area contributed by atoms with Gasteiger partial charge in [-0.25, -0.2) is 0 Å². The molecule has 0 rings (SSSR count). The molecule has 0 spiro atoms. The average Bonchev–Trinajstić information content (AvgIpc) is 3.23. The van der Waals surface area contributed by atoms with Gasteiger partial charge in [0.25, 0.3) is 0 Å². The quantitative estimate of drug-likeness (QED) is 0.0353. The maximum absolute atomic E-state index is 13.0. The van der Waals surface area contributed by atoms with Crippen LogP contribution in [0.15, 0.2) is 0 Å². The molecule has 0 fully saturated rings. The molecule has 0 aromatic heterocycles. The van der Waals surface area contributed by atoms with E-state index in [-0.39, 0.29) is 155 Å². The lowest BCUT2D eigenvalue weighted by Gasteiger charge is -2.19. The Morgan fingerprint density at radius 2 is 0.905 bits per heavy atom. The highest BCUT2D eigenvalue weighted by Gasteiger charge is 2.20. The van der Waals surface area contributed by atoms with E-state index < -0.39 is 6.04 Å². The van der Waals surface area contributed by atoms with Crippen molar-refractivity contribution in [3.8, 4) is 0 Å². The summed E-state index contributed by atoms with van der Waals surface area (Å²) in [5.41, 5.74) is 10.5.